The Kier molecular flexibility index (Phi) is 6.43. The molecule has 1 aliphatic rings. The Hall–Kier alpha value is -0.290. The van der Waals surface area contributed by atoms with Gasteiger partial charge in [-0.15, -0.1) is 12.4 Å². The van der Waals surface area contributed by atoms with Crippen LogP contribution in [0.2, 0.25) is 0 Å². The van der Waals surface area contributed by atoms with E-state index in [0.29, 0.717) is 5.92 Å². The topological polar surface area (TPSA) is 47.3 Å². The van der Waals surface area contributed by atoms with Crippen LogP contribution in [0.3, 0.4) is 0 Å². The molecule has 0 bridgehead atoms. The Morgan fingerprint density at radius 1 is 1.39 bits per heavy atom. The number of halogens is 2. The normalized spacial score (nSPS) is 17.9. The van der Waals surface area contributed by atoms with Crippen molar-refractivity contribution < 1.29 is 4.74 Å². The van der Waals surface area contributed by atoms with Gasteiger partial charge in [-0.3, -0.25) is 0 Å². The van der Waals surface area contributed by atoms with E-state index in [4.69, 9.17) is 10.5 Å². The van der Waals surface area contributed by atoms with E-state index in [1.54, 1.807) is 7.11 Å². The minimum absolute atomic E-state index is 0. The molecule has 1 aromatic rings. The molecule has 1 aromatic carbocycles. The van der Waals surface area contributed by atoms with Crippen molar-refractivity contribution in [3.63, 3.8) is 0 Å². The molecule has 2 rings (SSSR count). The molecule has 0 aromatic heterocycles. The van der Waals surface area contributed by atoms with Crippen molar-refractivity contribution in [1.29, 1.82) is 0 Å². The van der Waals surface area contributed by atoms with Crippen molar-refractivity contribution in [3.8, 4) is 5.75 Å². The first-order valence-corrected chi connectivity index (χ1v) is 6.81. The third-order valence-electron chi connectivity index (χ3n) is 3.45. The Bertz CT molecular complexity index is 383. The highest BCUT2D eigenvalue weighted by atomic mass is 79.9. The molecule has 0 amide bonds. The highest BCUT2D eigenvalue weighted by Crippen LogP contribution is 2.33. The second kappa shape index (κ2) is 7.34. The zero-order chi connectivity index (χ0) is 12.3. The van der Waals surface area contributed by atoms with Crippen LogP contribution in [0.5, 0.6) is 5.75 Å². The van der Waals surface area contributed by atoms with Gasteiger partial charge in [0.1, 0.15) is 5.75 Å². The van der Waals surface area contributed by atoms with Gasteiger partial charge in [0.2, 0.25) is 0 Å². The molecule has 0 aliphatic carbocycles. The third-order valence-corrected chi connectivity index (χ3v) is 4.18. The second-order valence-electron chi connectivity index (χ2n) is 4.50. The molecule has 0 unspecified atom stereocenters. The van der Waals surface area contributed by atoms with Crippen molar-refractivity contribution in [2.24, 2.45) is 11.7 Å². The number of nitrogens with two attached hydrogens (primary N) is 1. The summed E-state index contributed by atoms with van der Waals surface area (Å²) in [4.78, 5) is 0. The Morgan fingerprint density at radius 2 is 2.06 bits per heavy atom. The largest absolute Gasteiger partial charge is 0.497 e. The summed E-state index contributed by atoms with van der Waals surface area (Å²) in [6.07, 6.45) is 2.29. The molecule has 1 fully saturated rings. The van der Waals surface area contributed by atoms with Crippen LogP contribution in [0.15, 0.2) is 22.7 Å². The first kappa shape index (κ1) is 15.8. The minimum Gasteiger partial charge on any atom is -0.497 e. The van der Waals surface area contributed by atoms with Crippen molar-refractivity contribution in [2.45, 2.75) is 18.9 Å². The SMILES string of the molecule is COc1ccc(Br)c([C@H](N)C2CCNCC2)c1.Cl. The highest BCUT2D eigenvalue weighted by molar-refractivity contribution is 9.10. The van der Waals surface area contributed by atoms with Gasteiger partial charge in [-0.2, -0.15) is 0 Å². The van der Waals surface area contributed by atoms with E-state index in [-0.39, 0.29) is 18.4 Å². The van der Waals surface area contributed by atoms with Gasteiger partial charge >= 0.3 is 0 Å². The maximum Gasteiger partial charge on any atom is 0.119 e. The average Bonchev–Trinajstić information content (AvgIpc) is 2.39. The molecule has 3 N–H and O–H groups in total. The highest BCUT2D eigenvalue weighted by Gasteiger charge is 2.23. The van der Waals surface area contributed by atoms with E-state index in [0.717, 1.165) is 41.7 Å². The summed E-state index contributed by atoms with van der Waals surface area (Å²) in [5, 5.41) is 3.37. The van der Waals surface area contributed by atoms with Crippen LogP contribution >= 0.6 is 28.3 Å². The van der Waals surface area contributed by atoms with Gasteiger partial charge in [0.25, 0.3) is 0 Å². The number of hydrogen-bond donors (Lipinski definition) is 2. The maximum absolute atomic E-state index is 6.38. The summed E-state index contributed by atoms with van der Waals surface area (Å²) in [6, 6.07) is 6.08. The molecule has 102 valence electrons. The third kappa shape index (κ3) is 3.60. The molecule has 1 saturated heterocycles. The predicted octanol–water partition coefficient (Wildman–Crippen LogP) is 2.88. The summed E-state index contributed by atoms with van der Waals surface area (Å²) in [5.74, 6) is 1.42. The second-order valence-corrected chi connectivity index (χ2v) is 5.35. The smallest absolute Gasteiger partial charge is 0.119 e. The first-order valence-electron chi connectivity index (χ1n) is 6.02. The van der Waals surface area contributed by atoms with Gasteiger partial charge in [-0.05, 0) is 55.6 Å². The van der Waals surface area contributed by atoms with Crippen molar-refractivity contribution in [1.82, 2.24) is 5.32 Å². The number of rotatable bonds is 3. The molecular formula is C13H20BrClN2O. The first-order chi connectivity index (χ1) is 8.22. The lowest BCUT2D eigenvalue weighted by molar-refractivity contribution is 0.320. The molecule has 3 nitrogen and oxygen atoms in total. The van der Waals surface area contributed by atoms with Gasteiger partial charge < -0.3 is 15.8 Å². The monoisotopic (exact) mass is 334 g/mol. The maximum atomic E-state index is 6.38. The fourth-order valence-electron chi connectivity index (χ4n) is 2.36. The van der Waals surface area contributed by atoms with Crippen LogP contribution in [-0.4, -0.2) is 20.2 Å². The molecule has 1 aliphatic heterocycles. The van der Waals surface area contributed by atoms with Crippen LogP contribution in [0.4, 0.5) is 0 Å². The molecular weight excluding hydrogens is 316 g/mol. The summed E-state index contributed by atoms with van der Waals surface area (Å²) >= 11 is 3.58. The summed E-state index contributed by atoms with van der Waals surface area (Å²) in [6.45, 7) is 2.14. The lowest BCUT2D eigenvalue weighted by Crippen LogP contribution is -2.33. The summed E-state index contributed by atoms with van der Waals surface area (Å²) in [7, 11) is 1.68. The van der Waals surface area contributed by atoms with E-state index < -0.39 is 0 Å². The number of methoxy groups -OCH3 is 1. The van der Waals surface area contributed by atoms with Crippen LogP contribution in [0.1, 0.15) is 24.4 Å². The molecule has 18 heavy (non-hydrogen) atoms. The number of piperidine rings is 1. The molecule has 0 radical (unpaired) electrons. The van der Waals surface area contributed by atoms with Crippen LogP contribution < -0.4 is 15.8 Å². The molecule has 1 heterocycles. The number of ether oxygens (including phenoxy) is 1. The van der Waals surface area contributed by atoms with Crippen LogP contribution in [0.25, 0.3) is 0 Å². The zero-order valence-electron chi connectivity index (χ0n) is 10.5. The van der Waals surface area contributed by atoms with Crippen molar-refractivity contribution in [2.75, 3.05) is 20.2 Å². The van der Waals surface area contributed by atoms with Crippen molar-refractivity contribution in [3.05, 3.63) is 28.2 Å². The standard InChI is InChI=1S/C13H19BrN2O.ClH/c1-17-10-2-3-12(14)11(8-10)13(15)9-4-6-16-7-5-9;/h2-3,8-9,13,16H,4-7,15H2,1H3;1H/t13-;/m1./s1. The number of benzene rings is 1. The van der Waals surface area contributed by atoms with E-state index in [1.807, 2.05) is 18.2 Å². The number of nitrogens with one attached hydrogen (secondary N) is 1. The van der Waals surface area contributed by atoms with Gasteiger partial charge in [0, 0.05) is 10.5 Å². The summed E-state index contributed by atoms with van der Waals surface area (Å²) in [5.41, 5.74) is 7.53. The molecule has 0 saturated carbocycles. The van der Waals surface area contributed by atoms with E-state index in [2.05, 4.69) is 21.2 Å². The van der Waals surface area contributed by atoms with Gasteiger partial charge in [0.05, 0.1) is 7.11 Å². The van der Waals surface area contributed by atoms with Crippen LogP contribution in [0, 0.1) is 5.92 Å². The number of hydrogen-bond acceptors (Lipinski definition) is 3. The lowest BCUT2D eigenvalue weighted by atomic mass is 9.86. The minimum atomic E-state index is 0. The van der Waals surface area contributed by atoms with Gasteiger partial charge in [-0.25, -0.2) is 0 Å². The van der Waals surface area contributed by atoms with E-state index in [1.165, 1.54) is 0 Å². The van der Waals surface area contributed by atoms with Crippen LogP contribution in [-0.2, 0) is 0 Å². The molecule has 0 spiro atoms. The molecule has 5 heteroatoms. The fraction of sp³-hybridized carbons (Fsp3) is 0.538. The Morgan fingerprint density at radius 3 is 2.67 bits per heavy atom. The lowest BCUT2D eigenvalue weighted by Gasteiger charge is -2.29. The zero-order valence-corrected chi connectivity index (χ0v) is 12.9. The molecule has 1 atom stereocenters. The van der Waals surface area contributed by atoms with Gasteiger partial charge in [-0.1, -0.05) is 15.9 Å². The average molecular weight is 336 g/mol. The van der Waals surface area contributed by atoms with E-state index >= 15 is 0 Å². The fourth-order valence-corrected chi connectivity index (χ4v) is 2.87. The quantitative estimate of drug-likeness (QED) is 0.893. The van der Waals surface area contributed by atoms with Crippen molar-refractivity contribution >= 4 is 28.3 Å². The Labute approximate surface area is 123 Å². The predicted molar refractivity (Wildman–Crippen MR) is 80.5 cm³/mol. The van der Waals surface area contributed by atoms with E-state index in [9.17, 15) is 0 Å². The summed E-state index contributed by atoms with van der Waals surface area (Å²) < 4.78 is 6.33. The Balaban J connectivity index is 0.00000162. The van der Waals surface area contributed by atoms with Gasteiger partial charge in [0.15, 0.2) is 0 Å².